The summed E-state index contributed by atoms with van der Waals surface area (Å²) in [6, 6.07) is 25.6. The Balaban J connectivity index is 1.63. The summed E-state index contributed by atoms with van der Waals surface area (Å²) in [4.78, 5) is 0.104. The number of aryl methyl sites for hydroxylation is 1. The third-order valence-corrected chi connectivity index (χ3v) is 6.73. The molecule has 0 amide bonds. The van der Waals surface area contributed by atoms with Gasteiger partial charge in [-0.05, 0) is 48.2 Å². The van der Waals surface area contributed by atoms with Crippen LogP contribution < -0.4 is 10.1 Å². The van der Waals surface area contributed by atoms with E-state index < -0.39 is 10.0 Å². The normalized spacial score (nSPS) is 20.7. The Morgan fingerprint density at radius 2 is 1.59 bits per heavy atom. The van der Waals surface area contributed by atoms with Gasteiger partial charge in [-0.1, -0.05) is 54.6 Å². The lowest BCUT2D eigenvalue weighted by Gasteiger charge is -2.30. The van der Waals surface area contributed by atoms with Crippen LogP contribution in [0, 0.1) is 5.92 Å². The van der Waals surface area contributed by atoms with Gasteiger partial charge in [-0.15, -0.1) is 0 Å². The van der Waals surface area contributed by atoms with Crippen LogP contribution >= 0.6 is 0 Å². The third-order valence-electron chi connectivity index (χ3n) is 5.80. The Bertz CT molecular complexity index is 1190. The fourth-order valence-corrected chi connectivity index (χ4v) is 4.97. The van der Waals surface area contributed by atoms with Gasteiger partial charge < -0.3 is 0 Å². The second-order valence-corrected chi connectivity index (χ2v) is 9.09. The zero-order valence-corrected chi connectivity index (χ0v) is 16.6. The summed E-state index contributed by atoms with van der Waals surface area (Å²) >= 11 is 0. The van der Waals surface area contributed by atoms with Gasteiger partial charge in [-0.2, -0.15) is 5.10 Å². The second-order valence-electron chi connectivity index (χ2n) is 7.53. The van der Waals surface area contributed by atoms with E-state index in [1.165, 1.54) is 16.7 Å². The van der Waals surface area contributed by atoms with Crippen LogP contribution in [0.4, 0.5) is 5.69 Å². The zero-order valence-electron chi connectivity index (χ0n) is 15.8. The number of sulfonamides is 1. The molecule has 146 valence electrons. The summed E-state index contributed by atoms with van der Waals surface area (Å²) in [6.45, 7) is 0. The first-order valence-corrected chi connectivity index (χ1v) is 11.2. The minimum Gasteiger partial charge on any atom is -0.257 e. The SMILES string of the molecule is NS(=O)(=O)c1ccc(N2N=C3c4ccccc4CC[C@@H]3[C@@H]2c2ccccc2)cc1. The zero-order chi connectivity index (χ0) is 20.0. The van der Waals surface area contributed by atoms with Crippen molar-refractivity contribution in [3.63, 3.8) is 0 Å². The smallest absolute Gasteiger partial charge is 0.238 e. The van der Waals surface area contributed by atoms with E-state index >= 15 is 0 Å². The summed E-state index contributed by atoms with van der Waals surface area (Å²) in [5.74, 6) is 0.283. The van der Waals surface area contributed by atoms with Crippen LogP contribution in [0.5, 0.6) is 0 Å². The molecule has 5 rings (SSSR count). The van der Waals surface area contributed by atoms with Crippen molar-refractivity contribution >= 4 is 21.4 Å². The lowest BCUT2D eigenvalue weighted by Crippen LogP contribution is -2.28. The highest BCUT2D eigenvalue weighted by Crippen LogP contribution is 2.45. The van der Waals surface area contributed by atoms with E-state index in [-0.39, 0.29) is 16.9 Å². The summed E-state index contributed by atoms with van der Waals surface area (Å²) in [5.41, 5.74) is 5.71. The summed E-state index contributed by atoms with van der Waals surface area (Å²) in [6.07, 6.45) is 2.06. The number of nitrogens with zero attached hydrogens (tertiary/aromatic N) is 2. The number of anilines is 1. The molecule has 1 aliphatic carbocycles. The number of hydrazone groups is 1. The summed E-state index contributed by atoms with van der Waals surface area (Å²) in [7, 11) is -3.72. The first-order valence-electron chi connectivity index (χ1n) is 9.66. The van der Waals surface area contributed by atoms with E-state index in [9.17, 15) is 8.42 Å². The van der Waals surface area contributed by atoms with E-state index in [1.54, 1.807) is 24.3 Å². The molecule has 0 unspecified atom stereocenters. The average Bonchev–Trinajstić information content (AvgIpc) is 3.14. The van der Waals surface area contributed by atoms with Crippen LogP contribution in [-0.4, -0.2) is 14.1 Å². The standard InChI is InChI=1S/C23H21N3O2S/c24-29(27,28)19-13-11-18(12-14-19)26-23(17-7-2-1-3-8-17)21-15-10-16-6-4-5-9-20(16)22(21)25-26/h1-9,11-14,21,23H,10,15H2,(H2,24,27,28)/t21-,23-/m0/s1. The van der Waals surface area contributed by atoms with E-state index in [2.05, 4.69) is 36.4 Å². The lowest BCUT2D eigenvalue weighted by molar-refractivity contribution is 0.510. The maximum absolute atomic E-state index is 11.6. The average molecular weight is 404 g/mol. The second kappa shape index (κ2) is 6.83. The molecule has 0 saturated heterocycles. The molecule has 0 aromatic heterocycles. The monoisotopic (exact) mass is 403 g/mol. The van der Waals surface area contributed by atoms with Gasteiger partial charge in [0.2, 0.25) is 10.0 Å². The summed E-state index contributed by atoms with van der Waals surface area (Å²) < 4.78 is 23.3. The van der Waals surface area contributed by atoms with Crippen molar-refractivity contribution in [1.82, 2.24) is 0 Å². The molecule has 6 heteroatoms. The van der Waals surface area contributed by atoms with Gasteiger partial charge in [0.25, 0.3) is 0 Å². The van der Waals surface area contributed by atoms with E-state index in [1.807, 2.05) is 23.2 Å². The van der Waals surface area contributed by atoms with Gasteiger partial charge in [0.05, 0.1) is 22.3 Å². The minimum absolute atomic E-state index is 0.0693. The van der Waals surface area contributed by atoms with Crippen LogP contribution in [0.15, 0.2) is 88.9 Å². The minimum atomic E-state index is -3.72. The molecule has 1 heterocycles. The van der Waals surface area contributed by atoms with E-state index in [4.69, 9.17) is 10.2 Å². The van der Waals surface area contributed by atoms with Crippen LogP contribution in [0.2, 0.25) is 0 Å². The number of fused-ring (bicyclic) bond motifs is 3. The molecule has 0 spiro atoms. The Labute approximate surface area is 170 Å². The third kappa shape index (κ3) is 3.14. The molecular weight excluding hydrogens is 382 g/mol. The molecule has 5 nitrogen and oxygen atoms in total. The molecule has 2 aliphatic rings. The van der Waals surface area contributed by atoms with Crippen LogP contribution in [0.3, 0.4) is 0 Å². The Morgan fingerprint density at radius 1 is 0.897 bits per heavy atom. The number of hydrogen-bond donors (Lipinski definition) is 1. The van der Waals surface area contributed by atoms with Crippen molar-refractivity contribution in [3.05, 3.63) is 95.6 Å². The topological polar surface area (TPSA) is 75.8 Å². The lowest BCUT2D eigenvalue weighted by atomic mass is 9.77. The number of nitrogens with two attached hydrogens (primary N) is 1. The van der Waals surface area contributed by atoms with Crippen molar-refractivity contribution in [3.8, 4) is 0 Å². The predicted molar refractivity (Wildman–Crippen MR) is 114 cm³/mol. The van der Waals surface area contributed by atoms with Crippen molar-refractivity contribution in [2.24, 2.45) is 16.2 Å². The van der Waals surface area contributed by atoms with Gasteiger partial charge in [0, 0.05) is 11.5 Å². The van der Waals surface area contributed by atoms with Crippen LogP contribution in [0.1, 0.15) is 29.2 Å². The van der Waals surface area contributed by atoms with Crippen molar-refractivity contribution in [2.45, 2.75) is 23.8 Å². The first kappa shape index (κ1) is 18.1. The first-order chi connectivity index (χ1) is 14.0. The van der Waals surface area contributed by atoms with Gasteiger partial charge in [0.1, 0.15) is 0 Å². The van der Waals surface area contributed by atoms with Gasteiger partial charge in [-0.25, -0.2) is 13.6 Å². The van der Waals surface area contributed by atoms with Crippen molar-refractivity contribution in [1.29, 1.82) is 0 Å². The molecule has 2 atom stereocenters. The molecule has 0 fully saturated rings. The van der Waals surface area contributed by atoms with Crippen LogP contribution in [0.25, 0.3) is 0 Å². The fourth-order valence-electron chi connectivity index (χ4n) is 4.45. The Kier molecular flexibility index (Phi) is 4.26. The van der Waals surface area contributed by atoms with Crippen LogP contribution in [-0.2, 0) is 16.4 Å². The van der Waals surface area contributed by atoms with E-state index in [0.29, 0.717) is 0 Å². The Morgan fingerprint density at radius 3 is 2.31 bits per heavy atom. The van der Waals surface area contributed by atoms with Gasteiger partial charge >= 0.3 is 0 Å². The molecule has 1 aliphatic heterocycles. The molecule has 0 radical (unpaired) electrons. The maximum atomic E-state index is 11.6. The maximum Gasteiger partial charge on any atom is 0.238 e. The van der Waals surface area contributed by atoms with Gasteiger partial charge in [0.15, 0.2) is 0 Å². The highest BCUT2D eigenvalue weighted by molar-refractivity contribution is 7.89. The molecule has 0 bridgehead atoms. The molecular formula is C23H21N3O2S. The largest absolute Gasteiger partial charge is 0.257 e. The van der Waals surface area contributed by atoms with E-state index in [0.717, 1.165) is 24.2 Å². The van der Waals surface area contributed by atoms with Crippen molar-refractivity contribution in [2.75, 3.05) is 5.01 Å². The highest BCUT2D eigenvalue weighted by Gasteiger charge is 2.41. The number of rotatable bonds is 3. The quantitative estimate of drug-likeness (QED) is 0.721. The van der Waals surface area contributed by atoms with Crippen molar-refractivity contribution < 1.29 is 8.42 Å². The molecule has 29 heavy (non-hydrogen) atoms. The molecule has 3 aromatic rings. The highest BCUT2D eigenvalue weighted by atomic mass is 32.2. The molecule has 2 N–H and O–H groups in total. The summed E-state index contributed by atoms with van der Waals surface area (Å²) in [5, 5.41) is 12.3. The number of benzene rings is 3. The molecule has 3 aromatic carbocycles. The number of hydrogen-bond acceptors (Lipinski definition) is 4. The molecule has 0 saturated carbocycles. The fraction of sp³-hybridized carbons (Fsp3) is 0.174. The Hall–Kier alpha value is -2.96. The number of primary sulfonamides is 1. The predicted octanol–water partition coefficient (Wildman–Crippen LogP) is 3.86. The van der Waals surface area contributed by atoms with Gasteiger partial charge in [-0.3, -0.25) is 5.01 Å².